The maximum atomic E-state index is 13.0. The molecule has 1 aliphatic rings. The van der Waals surface area contributed by atoms with Crippen molar-refractivity contribution in [1.82, 2.24) is 14.0 Å². The average Bonchev–Trinajstić information content (AvgIpc) is 3.09. The number of phenolic OH excluding ortho intramolecular Hbond substituents is 1. The molecule has 1 N–H and O–H groups in total. The summed E-state index contributed by atoms with van der Waals surface area (Å²) < 4.78 is 3.92. The van der Waals surface area contributed by atoms with E-state index >= 15 is 0 Å². The van der Waals surface area contributed by atoms with Crippen molar-refractivity contribution in [2.24, 2.45) is 0 Å². The molecule has 0 radical (unpaired) electrons. The van der Waals surface area contributed by atoms with E-state index in [1.807, 2.05) is 33.4 Å². The fourth-order valence-electron chi connectivity index (χ4n) is 4.70. The maximum Gasteiger partial charge on any atom is 0.329 e. The molecule has 6 nitrogen and oxygen atoms in total. The molecule has 1 aliphatic heterocycles. The summed E-state index contributed by atoms with van der Waals surface area (Å²) in [6.45, 7) is 9.09. The van der Waals surface area contributed by atoms with Gasteiger partial charge in [0.1, 0.15) is 5.75 Å². The lowest BCUT2D eigenvalue weighted by Crippen LogP contribution is -2.46. The van der Waals surface area contributed by atoms with Gasteiger partial charge in [-0.1, -0.05) is 31.9 Å². The van der Waals surface area contributed by atoms with Crippen molar-refractivity contribution in [3.8, 4) is 5.75 Å². The van der Waals surface area contributed by atoms with Crippen molar-refractivity contribution in [2.75, 3.05) is 37.6 Å². The molecule has 1 fully saturated rings. The van der Waals surface area contributed by atoms with Crippen LogP contribution in [0.25, 0.3) is 11.0 Å². The first-order chi connectivity index (χ1) is 15.7. The van der Waals surface area contributed by atoms with E-state index < -0.39 is 0 Å². The first kappa shape index (κ1) is 22.5. The predicted molar refractivity (Wildman–Crippen MR) is 132 cm³/mol. The number of aromatic nitrogens is 2. The zero-order valence-electron chi connectivity index (χ0n) is 19.2. The van der Waals surface area contributed by atoms with Crippen LogP contribution >= 0.6 is 0 Å². The molecule has 0 unspecified atom stereocenters. The van der Waals surface area contributed by atoms with Gasteiger partial charge in [0, 0.05) is 45.0 Å². The van der Waals surface area contributed by atoms with Gasteiger partial charge >= 0.3 is 5.69 Å². The van der Waals surface area contributed by atoms with Gasteiger partial charge in [0.05, 0.1) is 11.0 Å². The number of phenols is 1. The van der Waals surface area contributed by atoms with Crippen molar-refractivity contribution in [2.45, 2.75) is 52.1 Å². The van der Waals surface area contributed by atoms with Gasteiger partial charge in [-0.15, -0.1) is 0 Å². The quantitative estimate of drug-likeness (QED) is 0.482. The summed E-state index contributed by atoms with van der Waals surface area (Å²) in [7, 11) is 0. The zero-order valence-corrected chi connectivity index (χ0v) is 19.2. The molecule has 3 aromatic rings. The molecule has 4 rings (SSSR count). The third-order valence-electron chi connectivity index (χ3n) is 6.60. The van der Waals surface area contributed by atoms with Crippen LogP contribution in [0.4, 0.5) is 5.69 Å². The molecule has 172 valence electrons. The molecule has 0 aliphatic carbocycles. The van der Waals surface area contributed by atoms with Gasteiger partial charge in [-0.25, -0.2) is 4.79 Å². The lowest BCUT2D eigenvalue weighted by molar-refractivity contribution is 0.251. The third-order valence-corrected chi connectivity index (χ3v) is 6.60. The van der Waals surface area contributed by atoms with Crippen LogP contribution < -0.4 is 10.6 Å². The largest absolute Gasteiger partial charge is 0.508 e. The standard InChI is InChI=1S/C26H36N4O2/c1-2-3-16-29-24-9-5-6-10-25(24)30(26(29)32)17-8-4-7-15-27-18-20-28(21-19-27)22-11-13-23(31)14-12-22/h5-6,9-14,31H,2-4,7-8,15-21H2,1H3. The Bertz CT molecular complexity index is 1050. The number of nitrogens with zero attached hydrogens (tertiary/aromatic N) is 4. The minimum atomic E-state index is 0.144. The topological polar surface area (TPSA) is 53.6 Å². The van der Waals surface area contributed by atoms with Crippen LogP contribution in [-0.2, 0) is 13.1 Å². The monoisotopic (exact) mass is 436 g/mol. The highest BCUT2D eigenvalue weighted by Gasteiger charge is 2.17. The summed E-state index contributed by atoms with van der Waals surface area (Å²) in [5, 5.41) is 9.47. The number of unbranched alkanes of at least 4 members (excludes halogenated alkanes) is 3. The van der Waals surface area contributed by atoms with Crippen LogP contribution in [0, 0.1) is 0 Å². The Hall–Kier alpha value is -2.73. The minimum absolute atomic E-state index is 0.144. The van der Waals surface area contributed by atoms with Crippen molar-refractivity contribution < 1.29 is 5.11 Å². The van der Waals surface area contributed by atoms with Crippen LogP contribution in [0.5, 0.6) is 5.75 Å². The van der Waals surface area contributed by atoms with Gasteiger partial charge in [0.15, 0.2) is 0 Å². The molecule has 0 spiro atoms. The molecule has 2 heterocycles. The number of hydrogen-bond donors (Lipinski definition) is 1. The summed E-state index contributed by atoms with van der Waals surface area (Å²) in [5.74, 6) is 0.320. The molecule has 0 amide bonds. The first-order valence-corrected chi connectivity index (χ1v) is 12.1. The molecule has 0 bridgehead atoms. The lowest BCUT2D eigenvalue weighted by atomic mass is 10.2. The Morgan fingerprint density at radius 1 is 0.750 bits per heavy atom. The van der Waals surface area contributed by atoms with E-state index in [1.165, 1.54) is 12.1 Å². The van der Waals surface area contributed by atoms with Crippen molar-refractivity contribution in [3.05, 3.63) is 59.0 Å². The van der Waals surface area contributed by atoms with Gasteiger partial charge in [-0.3, -0.25) is 14.0 Å². The lowest BCUT2D eigenvalue weighted by Gasteiger charge is -2.36. The Morgan fingerprint density at radius 3 is 1.97 bits per heavy atom. The zero-order chi connectivity index (χ0) is 22.3. The highest BCUT2D eigenvalue weighted by atomic mass is 16.3. The predicted octanol–water partition coefficient (Wildman–Crippen LogP) is 4.30. The van der Waals surface area contributed by atoms with E-state index in [0.29, 0.717) is 5.75 Å². The molecule has 0 atom stereocenters. The number of aryl methyl sites for hydroxylation is 2. The van der Waals surface area contributed by atoms with Crippen LogP contribution in [0.3, 0.4) is 0 Å². The number of fused-ring (bicyclic) bond motifs is 1. The number of aromatic hydroxyl groups is 1. The third kappa shape index (κ3) is 5.18. The number of benzene rings is 2. The number of hydrogen-bond acceptors (Lipinski definition) is 4. The molecule has 2 aromatic carbocycles. The molecular weight excluding hydrogens is 400 g/mol. The molecule has 0 saturated carbocycles. The summed E-state index contributed by atoms with van der Waals surface area (Å²) in [4.78, 5) is 17.9. The molecule has 1 aromatic heterocycles. The second-order valence-electron chi connectivity index (χ2n) is 8.83. The van der Waals surface area contributed by atoms with Gasteiger partial charge in [-0.2, -0.15) is 0 Å². The Labute approximate surface area is 190 Å². The number of imidazole rings is 1. The van der Waals surface area contributed by atoms with Crippen molar-refractivity contribution >= 4 is 16.7 Å². The summed E-state index contributed by atoms with van der Waals surface area (Å²) in [6.07, 6.45) is 5.47. The second-order valence-corrected chi connectivity index (χ2v) is 8.83. The average molecular weight is 437 g/mol. The Morgan fingerprint density at radius 2 is 1.34 bits per heavy atom. The number of piperazine rings is 1. The number of anilines is 1. The number of rotatable bonds is 10. The molecular formula is C26H36N4O2. The highest BCUT2D eigenvalue weighted by Crippen LogP contribution is 2.20. The maximum absolute atomic E-state index is 13.0. The molecule has 6 heteroatoms. The van der Waals surface area contributed by atoms with E-state index in [9.17, 15) is 9.90 Å². The smallest absolute Gasteiger partial charge is 0.329 e. The summed E-state index contributed by atoms with van der Waals surface area (Å²) >= 11 is 0. The summed E-state index contributed by atoms with van der Waals surface area (Å²) in [6, 6.07) is 15.7. The van der Waals surface area contributed by atoms with E-state index in [-0.39, 0.29) is 5.69 Å². The van der Waals surface area contributed by atoms with Crippen LogP contribution in [-0.4, -0.2) is 51.9 Å². The van der Waals surface area contributed by atoms with Crippen LogP contribution in [0.1, 0.15) is 39.0 Å². The van der Waals surface area contributed by atoms with Gasteiger partial charge in [-0.05, 0) is 62.2 Å². The molecule has 32 heavy (non-hydrogen) atoms. The van der Waals surface area contributed by atoms with E-state index in [1.54, 1.807) is 12.1 Å². The van der Waals surface area contributed by atoms with Crippen LogP contribution in [0.2, 0.25) is 0 Å². The van der Waals surface area contributed by atoms with Gasteiger partial charge < -0.3 is 10.0 Å². The second kappa shape index (κ2) is 10.7. The Balaban J connectivity index is 1.23. The normalized spacial score (nSPS) is 15.0. The number of para-hydroxylation sites is 2. The Kier molecular flexibility index (Phi) is 7.53. The fourth-order valence-corrected chi connectivity index (χ4v) is 4.70. The van der Waals surface area contributed by atoms with E-state index in [4.69, 9.17) is 0 Å². The SMILES string of the molecule is CCCCn1c(=O)n(CCCCCN2CCN(c3ccc(O)cc3)CC2)c2ccccc21. The van der Waals surface area contributed by atoms with Gasteiger partial charge in [0.2, 0.25) is 0 Å². The fraction of sp³-hybridized carbons (Fsp3) is 0.500. The van der Waals surface area contributed by atoms with Gasteiger partial charge in [0.25, 0.3) is 0 Å². The first-order valence-electron chi connectivity index (χ1n) is 12.1. The van der Waals surface area contributed by atoms with E-state index in [2.05, 4.69) is 28.9 Å². The highest BCUT2D eigenvalue weighted by molar-refractivity contribution is 5.75. The van der Waals surface area contributed by atoms with Crippen LogP contribution in [0.15, 0.2) is 53.3 Å². The van der Waals surface area contributed by atoms with Crippen molar-refractivity contribution in [1.29, 1.82) is 0 Å². The minimum Gasteiger partial charge on any atom is -0.508 e. The molecule has 1 saturated heterocycles. The summed E-state index contributed by atoms with van der Waals surface area (Å²) in [5.41, 5.74) is 3.47. The van der Waals surface area contributed by atoms with E-state index in [0.717, 1.165) is 82.5 Å². The van der Waals surface area contributed by atoms with Crippen molar-refractivity contribution in [3.63, 3.8) is 0 Å².